The molecule has 0 atom stereocenters. The van der Waals surface area contributed by atoms with E-state index in [1.807, 2.05) is 6.07 Å². The summed E-state index contributed by atoms with van der Waals surface area (Å²) in [6.07, 6.45) is 3.62. The first-order valence-corrected chi connectivity index (χ1v) is 7.59. The molecule has 0 amide bonds. The highest BCUT2D eigenvalue weighted by Gasteiger charge is 2.13. The van der Waals surface area contributed by atoms with Crippen LogP contribution in [0.25, 0.3) is 0 Å². The lowest BCUT2D eigenvalue weighted by molar-refractivity contribution is 0.664. The fraction of sp³-hybridized carbons (Fsp3) is 0.615. The molecule has 1 saturated heterocycles. The molecule has 1 aliphatic rings. The van der Waals surface area contributed by atoms with E-state index in [9.17, 15) is 0 Å². The van der Waals surface area contributed by atoms with Crippen molar-refractivity contribution in [1.82, 2.24) is 4.98 Å². The molecule has 2 N–H and O–H groups in total. The van der Waals surface area contributed by atoms with Crippen LogP contribution in [0.15, 0.2) is 18.2 Å². The highest BCUT2D eigenvalue weighted by molar-refractivity contribution is 7.99. The van der Waals surface area contributed by atoms with Gasteiger partial charge in [0.15, 0.2) is 0 Å². The van der Waals surface area contributed by atoms with Gasteiger partial charge in [0.05, 0.1) is 0 Å². The Bertz CT molecular complexity index is 337. The van der Waals surface area contributed by atoms with Gasteiger partial charge in [0, 0.05) is 12.6 Å². The largest absolute Gasteiger partial charge is 0.370 e. The molecule has 2 heterocycles. The molecule has 0 aromatic carbocycles. The Kier molecular flexibility index (Phi) is 4.98. The summed E-state index contributed by atoms with van der Waals surface area (Å²) in [5.74, 6) is 4.52. The van der Waals surface area contributed by atoms with Crippen molar-refractivity contribution in [2.24, 2.45) is 0 Å². The van der Waals surface area contributed by atoms with Gasteiger partial charge in [0.2, 0.25) is 0 Å². The number of hydrogen-bond acceptors (Lipinski definition) is 4. The summed E-state index contributed by atoms with van der Waals surface area (Å²) in [6, 6.07) is 6.74. The first-order chi connectivity index (χ1) is 8.38. The number of pyridine rings is 1. The van der Waals surface area contributed by atoms with Crippen molar-refractivity contribution in [3.8, 4) is 0 Å². The number of hydrogen-bond donors (Lipinski definition) is 2. The van der Waals surface area contributed by atoms with E-state index in [0.717, 1.165) is 24.6 Å². The number of anilines is 2. The van der Waals surface area contributed by atoms with Gasteiger partial charge in [-0.3, -0.25) is 0 Å². The fourth-order valence-electron chi connectivity index (χ4n) is 1.92. The van der Waals surface area contributed by atoms with Gasteiger partial charge in [-0.05, 0) is 42.9 Å². The summed E-state index contributed by atoms with van der Waals surface area (Å²) in [6.45, 7) is 3.14. The Balaban J connectivity index is 1.90. The molecule has 0 unspecified atom stereocenters. The van der Waals surface area contributed by atoms with Crippen LogP contribution in [-0.2, 0) is 0 Å². The lowest BCUT2D eigenvalue weighted by Crippen LogP contribution is -2.25. The zero-order valence-corrected chi connectivity index (χ0v) is 11.2. The average Bonchev–Trinajstić information content (AvgIpc) is 2.38. The summed E-state index contributed by atoms with van der Waals surface area (Å²) in [5.41, 5.74) is 0. The second kappa shape index (κ2) is 6.74. The highest BCUT2D eigenvalue weighted by Crippen LogP contribution is 2.20. The average molecular weight is 251 g/mol. The van der Waals surface area contributed by atoms with Crippen LogP contribution in [0.5, 0.6) is 0 Å². The van der Waals surface area contributed by atoms with Gasteiger partial charge < -0.3 is 10.6 Å². The van der Waals surface area contributed by atoms with Crippen LogP contribution in [0.1, 0.15) is 26.2 Å². The second-order valence-corrected chi connectivity index (χ2v) is 5.59. The molecule has 1 aromatic heterocycles. The maximum absolute atomic E-state index is 4.58. The van der Waals surface area contributed by atoms with Gasteiger partial charge in [0.1, 0.15) is 11.6 Å². The van der Waals surface area contributed by atoms with Crippen molar-refractivity contribution in [1.29, 1.82) is 0 Å². The van der Waals surface area contributed by atoms with Gasteiger partial charge in [-0.15, -0.1) is 0 Å². The Labute approximate surface area is 108 Å². The molecular weight excluding hydrogens is 230 g/mol. The minimum Gasteiger partial charge on any atom is -0.370 e. The van der Waals surface area contributed by atoms with Crippen LogP contribution in [0.2, 0.25) is 0 Å². The third-order valence-corrected chi connectivity index (χ3v) is 3.93. The molecule has 1 fully saturated rings. The molecule has 94 valence electrons. The predicted molar refractivity (Wildman–Crippen MR) is 77.0 cm³/mol. The minimum absolute atomic E-state index is 0.602. The summed E-state index contributed by atoms with van der Waals surface area (Å²) < 4.78 is 0. The molecule has 3 nitrogen and oxygen atoms in total. The molecule has 0 aliphatic carbocycles. The first-order valence-electron chi connectivity index (χ1n) is 6.43. The summed E-state index contributed by atoms with van der Waals surface area (Å²) in [4.78, 5) is 4.58. The van der Waals surface area contributed by atoms with E-state index in [-0.39, 0.29) is 0 Å². The molecular formula is C13H21N3S. The van der Waals surface area contributed by atoms with Crippen molar-refractivity contribution in [2.45, 2.75) is 32.2 Å². The number of aromatic nitrogens is 1. The second-order valence-electron chi connectivity index (χ2n) is 4.37. The SMILES string of the molecule is CCCNc1cccc(NC2CCSCC2)n1. The van der Waals surface area contributed by atoms with Crippen molar-refractivity contribution in [2.75, 3.05) is 28.7 Å². The number of thioether (sulfide) groups is 1. The van der Waals surface area contributed by atoms with Crippen LogP contribution >= 0.6 is 11.8 Å². The van der Waals surface area contributed by atoms with Crippen LogP contribution < -0.4 is 10.6 Å². The Morgan fingerprint density at radius 2 is 2.06 bits per heavy atom. The molecule has 0 spiro atoms. The van der Waals surface area contributed by atoms with Crippen LogP contribution in [0, 0.1) is 0 Å². The summed E-state index contributed by atoms with van der Waals surface area (Å²) >= 11 is 2.05. The quantitative estimate of drug-likeness (QED) is 0.842. The van der Waals surface area contributed by atoms with Crippen molar-refractivity contribution in [3.63, 3.8) is 0 Å². The van der Waals surface area contributed by atoms with Crippen LogP contribution in [-0.4, -0.2) is 29.1 Å². The monoisotopic (exact) mass is 251 g/mol. The number of nitrogens with one attached hydrogen (secondary N) is 2. The maximum Gasteiger partial charge on any atom is 0.128 e. The van der Waals surface area contributed by atoms with Gasteiger partial charge in [-0.25, -0.2) is 4.98 Å². The van der Waals surface area contributed by atoms with Gasteiger partial charge in [-0.1, -0.05) is 13.0 Å². The molecule has 1 aromatic rings. The maximum atomic E-state index is 4.58. The standard InChI is InChI=1S/C13H21N3S/c1-2-8-14-12-4-3-5-13(16-12)15-11-6-9-17-10-7-11/h3-5,11H,2,6-10H2,1H3,(H2,14,15,16). The molecule has 1 aliphatic heterocycles. The smallest absolute Gasteiger partial charge is 0.128 e. The van der Waals surface area contributed by atoms with Crippen molar-refractivity contribution >= 4 is 23.4 Å². The topological polar surface area (TPSA) is 37.0 Å². The molecule has 0 radical (unpaired) electrons. The van der Waals surface area contributed by atoms with E-state index in [1.165, 1.54) is 24.3 Å². The Morgan fingerprint density at radius 1 is 1.29 bits per heavy atom. The molecule has 17 heavy (non-hydrogen) atoms. The first kappa shape index (κ1) is 12.6. The molecule has 2 rings (SSSR count). The van der Waals surface area contributed by atoms with Crippen LogP contribution in [0.4, 0.5) is 11.6 Å². The third kappa shape index (κ3) is 4.11. The Morgan fingerprint density at radius 3 is 2.82 bits per heavy atom. The van der Waals surface area contributed by atoms with E-state index in [0.29, 0.717) is 6.04 Å². The number of rotatable bonds is 5. The van der Waals surface area contributed by atoms with E-state index in [1.54, 1.807) is 0 Å². The lowest BCUT2D eigenvalue weighted by Gasteiger charge is -2.23. The predicted octanol–water partition coefficient (Wildman–Crippen LogP) is 3.21. The fourth-order valence-corrected chi connectivity index (χ4v) is 3.02. The molecule has 4 heteroatoms. The Hall–Kier alpha value is -0.900. The van der Waals surface area contributed by atoms with E-state index in [2.05, 4.69) is 46.4 Å². The van der Waals surface area contributed by atoms with E-state index >= 15 is 0 Å². The normalized spacial score (nSPS) is 16.8. The highest BCUT2D eigenvalue weighted by atomic mass is 32.2. The summed E-state index contributed by atoms with van der Waals surface area (Å²) in [5, 5.41) is 6.85. The van der Waals surface area contributed by atoms with Gasteiger partial charge in [-0.2, -0.15) is 11.8 Å². The lowest BCUT2D eigenvalue weighted by atomic mass is 10.1. The van der Waals surface area contributed by atoms with E-state index < -0.39 is 0 Å². The van der Waals surface area contributed by atoms with Gasteiger partial charge in [0.25, 0.3) is 0 Å². The van der Waals surface area contributed by atoms with E-state index in [4.69, 9.17) is 0 Å². The zero-order valence-electron chi connectivity index (χ0n) is 10.4. The summed E-state index contributed by atoms with van der Waals surface area (Å²) in [7, 11) is 0. The minimum atomic E-state index is 0.602. The van der Waals surface area contributed by atoms with Crippen molar-refractivity contribution in [3.05, 3.63) is 18.2 Å². The third-order valence-electron chi connectivity index (χ3n) is 2.88. The van der Waals surface area contributed by atoms with Crippen LogP contribution in [0.3, 0.4) is 0 Å². The zero-order chi connectivity index (χ0) is 11.9. The van der Waals surface area contributed by atoms with Crippen molar-refractivity contribution < 1.29 is 0 Å². The molecule has 0 saturated carbocycles. The number of nitrogens with zero attached hydrogens (tertiary/aromatic N) is 1. The molecule has 0 bridgehead atoms. The van der Waals surface area contributed by atoms with Gasteiger partial charge >= 0.3 is 0 Å².